The quantitative estimate of drug-likeness (QED) is 0.385. The fraction of sp³-hybridized carbons (Fsp3) is 0.158. The number of carbonyl (C=O) groups is 2. The summed E-state index contributed by atoms with van der Waals surface area (Å²) in [7, 11) is 1.27. The molecular formula is C19H17N3O4S. The highest BCUT2D eigenvalue weighted by Crippen LogP contribution is 2.23. The molecule has 2 N–H and O–H groups in total. The van der Waals surface area contributed by atoms with Gasteiger partial charge in [0, 0.05) is 17.1 Å². The van der Waals surface area contributed by atoms with Crippen LogP contribution in [0.2, 0.25) is 0 Å². The average molecular weight is 383 g/mol. The lowest BCUT2D eigenvalue weighted by molar-refractivity contribution is -0.139. The predicted molar refractivity (Wildman–Crippen MR) is 104 cm³/mol. The van der Waals surface area contributed by atoms with E-state index in [0.717, 1.165) is 28.2 Å². The number of aromatic nitrogens is 2. The largest absolute Gasteiger partial charge is 0.469 e. The molecule has 1 heterocycles. The van der Waals surface area contributed by atoms with E-state index in [2.05, 4.69) is 20.0 Å². The normalized spacial score (nSPS) is 10.6. The maximum atomic E-state index is 12.3. The number of benzene rings is 2. The van der Waals surface area contributed by atoms with Gasteiger partial charge in [-0.25, -0.2) is 4.98 Å². The van der Waals surface area contributed by atoms with Crippen LogP contribution < -0.4 is 10.9 Å². The van der Waals surface area contributed by atoms with Gasteiger partial charge in [0.05, 0.1) is 25.0 Å². The van der Waals surface area contributed by atoms with Gasteiger partial charge >= 0.3 is 5.97 Å². The first-order valence-electron chi connectivity index (χ1n) is 8.12. The van der Waals surface area contributed by atoms with Crippen molar-refractivity contribution in [2.45, 2.75) is 11.6 Å². The molecule has 27 heavy (non-hydrogen) atoms. The van der Waals surface area contributed by atoms with Crippen LogP contribution in [0.25, 0.3) is 10.8 Å². The van der Waals surface area contributed by atoms with Gasteiger partial charge in [-0.1, -0.05) is 48.2 Å². The lowest BCUT2D eigenvalue weighted by Gasteiger charge is -2.08. The van der Waals surface area contributed by atoms with E-state index >= 15 is 0 Å². The molecule has 1 amide bonds. The molecule has 0 aliphatic rings. The number of H-pyrrole nitrogens is 1. The number of rotatable bonds is 6. The summed E-state index contributed by atoms with van der Waals surface area (Å²) in [5.41, 5.74) is 0.628. The number of thioether (sulfide) groups is 1. The molecule has 2 aromatic carbocycles. The zero-order valence-electron chi connectivity index (χ0n) is 14.5. The highest BCUT2D eigenvalue weighted by Gasteiger charge is 2.10. The number of ether oxygens (including phenoxy) is 1. The Labute approximate surface area is 159 Å². The summed E-state index contributed by atoms with van der Waals surface area (Å²) >= 11 is 1.09. The number of esters is 1. The third kappa shape index (κ3) is 4.95. The van der Waals surface area contributed by atoms with Crippen molar-refractivity contribution in [1.82, 2.24) is 9.97 Å². The van der Waals surface area contributed by atoms with Crippen molar-refractivity contribution in [3.63, 3.8) is 0 Å². The molecule has 0 bridgehead atoms. The van der Waals surface area contributed by atoms with Crippen molar-refractivity contribution in [3.8, 4) is 0 Å². The molecule has 0 aliphatic carbocycles. The number of anilines is 1. The second kappa shape index (κ2) is 8.50. The van der Waals surface area contributed by atoms with Crippen molar-refractivity contribution in [2.24, 2.45) is 0 Å². The minimum atomic E-state index is -0.488. The molecule has 8 heteroatoms. The van der Waals surface area contributed by atoms with Crippen molar-refractivity contribution in [1.29, 1.82) is 0 Å². The number of aromatic amines is 1. The number of hydrogen-bond donors (Lipinski definition) is 2. The molecule has 0 fully saturated rings. The van der Waals surface area contributed by atoms with Crippen LogP contribution in [-0.4, -0.2) is 34.7 Å². The van der Waals surface area contributed by atoms with Gasteiger partial charge in [0.1, 0.15) is 0 Å². The number of carbonyl (C=O) groups excluding carboxylic acids is 2. The molecule has 3 rings (SSSR count). The third-order valence-corrected chi connectivity index (χ3v) is 4.60. The number of amides is 1. The van der Waals surface area contributed by atoms with Crippen LogP contribution in [-0.2, 0) is 20.7 Å². The zero-order chi connectivity index (χ0) is 19.2. The fourth-order valence-corrected chi connectivity index (χ4v) is 3.21. The summed E-state index contributed by atoms with van der Waals surface area (Å²) in [4.78, 5) is 42.1. The Morgan fingerprint density at radius 2 is 1.96 bits per heavy atom. The number of hydrogen-bond acceptors (Lipinski definition) is 6. The smallest absolute Gasteiger partial charge is 0.311 e. The molecule has 3 aromatic rings. The van der Waals surface area contributed by atoms with E-state index in [1.165, 1.54) is 13.2 Å². The summed E-state index contributed by atoms with van der Waals surface area (Å²) < 4.78 is 4.57. The summed E-state index contributed by atoms with van der Waals surface area (Å²) in [6, 6.07) is 14.7. The van der Waals surface area contributed by atoms with Gasteiger partial charge in [-0.15, -0.1) is 0 Å². The van der Waals surface area contributed by atoms with Crippen LogP contribution in [0.4, 0.5) is 5.69 Å². The molecule has 0 aliphatic heterocycles. The first-order valence-corrected chi connectivity index (χ1v) is 9.11. The summed E-state index contributed by atoms with van der Waals surface area (Å²) in [5.74, 6) is -0.650. The Bertz CT molecular complexity index is 1040. The van der Waals surface area contributed by atoms with E-state index in [0.29, 0.717) is 5.69 Å². The van der Waals surface area contributed by atoms with Gasteiger partial charge in [0.2, 0.25) is 5.91 Å². The topological polar surface area (TPSA) is 101 Å². The van der Waals surface area contributed by atoms with Crippen LogP contribution in [0.1, 0.15) is 5.69 Å². The summed E-state index contributed by atoms with van der Waals surface area (Å²) in [6.07, 6.45) is -0.101. The Morgan fingerprint density at radius 1 is 1.19 bits per heavy atom. The number of nitrogens with one attached hydrogen (secondary N) is 2. The second-order valence-electron chi connectivity index (χ2n) is 5.66. The van der Waals surface area contributed by atoms with Gasteiger partial charge in [-0.3, -0.25) is 14.4 Å². The SMILES string of the molecule is COC(=O)Cc1cc(=O)[nH]c(SCC(=O)Nc2cccc3ccccc23)n1. The van der Waals surface area contributed by atoms with Crippen LogP contribution in [0.5, 0.6) is 0 Å². The maximum absolute atomic E-state index is 12.3. The van der Waals surface area contributed by atoms with E-state index in [1.807, 2.05) is 42.5 Å². The minimum Gasteiger partial charge on any atom is -0.469 e. The van der Waals surface area contributed by atoms with Crippen molar-refractivity contribution < 1.29 is 14.3 Å². The van der Waals surface area contributed by atoms with Crippen LogP contribution in [0.15, 0.2) is 58.5 Å². The fourth-order valence-electron chi connectivity index (χ4n) is 2.52. The van der Waals surface area contributed by atoms with E-state index in [-0.39, 0.29) is 28.8 Å². The lowest BCUT2D eigenvalue weighted by Crippen LogP contribution is -2.17. The molecule has 0 saturated carbocycles. The molecule has 138 valence electrons. The van der Waals surface area contributed by atoms with Gasteiger partial charge < -0.3 is 15.0 Å². The second-order valence-corrected chi connectivity index (χ2v) is 6.62. The minimum absolute atomic E-state index is 0.0633. The zero-order valence-corrected chi connectivity index (χ0v) is 15.3. The summed E-state index contributed by atoms with van der Waals surface area (Å²) in [5, 5.41) is 5.13. The van der Waals surface area contributed by atoms with E-state index in [9.17, 15) is 14.4 Å². The monoisotopic (exact) mass is 383 g/mol. The first-order chi connectivity index (χ1) is 13.0. The molecule has 7 nitrogen and oxygen atoms in total. The van der Waals surface area contributed by atoms with Gasteiger partial charge in [0.15, 0.2) is 5.16 Å². The number of fused-ring (bicyclic) bond motifs is 1. The highest BCUT2D eigenvalue weighted by atomic mass is 32.2. The Morgan fingerprint density at radius 3 is 2.78 bits per heavy atom. The van der Waals surface area contributed by atoms with Gasteiger partial charge in [0.25, 0.3) is 5.56 Å². The predicted octanol–water partition coefficient (Wildman–Crippen LogP) is 2.37. The Hall–Kier alpha value is -3.13. The molecule has 1 aromatic heterocycles. The van der Waals surface area contributed by atoms with Crippen molar-refractivity contribution in [2.75, 3.05) is 18.2 Å². The number of methoxy groups -OCH3 is 1. The van der Waals surface area contributed by atoms with Crippen molar-refractivity contribution >= 4 is 40.1 Å². The van der Waals surface area contributed by atoms with Gasteiger partial charge in [-0.05, 0) is 11.5 Å². The standard InChI is InChI=1S/C19H17N3O4S/c1-26-18(25)10-13-9-16(23)22-19(20-13)27-11-17(24)21-15-8-4-6-12-5-2-3-7-14(12)15/h2-9H,10-11H2,1H3,(H,21,24)(H,20,22,23). The Balaban J connectivity index is 1.67. The molecular weight excluding hydrogens is 366 g/mol. The molecule has 0 atom stereocenters. The molecule has 0 radical (unpaired) electrons. The maximum Gasteiger partial charge on any atom is 0.311 e. The summed E-state index contributed by atoms with van der Waals surface area (Å²) in [6.45, 7) is 0. The molecule has 0 saturated heterocycles. The van der Waals surface area contributed by atoms with Gasteiger partial charge in [-0.2, -0.15) is 0 Å². The van der Waals surface area contributed by atoms with E-state index in [4.69, 9.17) is 0 Å². The highest BCUT2D eigenvalue weighted by molar-refractivity contribution is 7.99. The van der Waals surface area contributed by atoms with Crippen LogP contribution in [0, 0.1) is 0 Å². The van der Waals surface area contributed by atoms with Crippen molar-refractivity contribution in [3.05, 3.63) is 64.6 Å². The molecule has 0 unspecified atom stereocenters. The molecule has 0 spiro atoms. The van der Waals surface area contributed by atoms with E-state index < -0.39 is 5.97 Å². The third-order valence-electron chi connectivity index (χ3n) is 3.73. The van der Waals surface area contributed by atoms with E-state index in [1.54, 1.807) is 0 Å². The average Bonchev–Trinajstić information content (AvgIpc) is 2.66. The van der Waals surface area contributed by atoms with Crippen LogP contribution in [0.3, 0.4) is 0 Å². The lowest BCUT2D eigenvalue weighted by atomic mass is 10.1. The van der Waals surface area contributed by atoms with Crippen LogP contribution >= 0.6 is 11.8 Å². The Kier molecular flexibility index (Phi) is 5.87. The number of nitrogens with zero attached hydrogens (tertiary/aromatic N) is 1. The first kappa shape index (κ1) is 18.7.